The number of carbonyl (C=O) groups is 1. The number of hydrogen-bond acceptors (Lipinski definition) is 5. The number of pyridine rings is 2. The number of rotatable bonds is 5. The van der Waals surface area contributed by atoms with Crippen LogP contribution in [0.25, 0.3) is 11.3 Å². The maximum atomic E-state index is 12.4. The molecule has 1 N–H and O–H groups in total. The standard InChI is InChI=1S/C18H17N3O4/c1-21-11-14(16(24-2)7-17(21)22)18(23)20-9-12-6-13(10-19-8-12)15-4-3-5-25-15/h3-8,10-11H,9H2,1-2H3,(H,20,23). The van der Waals surface area contributed by atoms with Crippen LogP contribution in [0.1, 0.15) is 15.9 Å². The quantitative estimate of drug-likeness (QED) is 0.768. The van der Waals surface area contributed by atoms with Crippen LogP contribution < -0.4 is 15.6 Å². The Hall–Kier alpha value is -3.35. The number of nitrogens with one attached hydrogen (secondary N) is 1. The van der Waals surface area contributed by atoms with E-state index >= 15 is 0 Å². The topological polar surface area (TPSA) is 86.4 Å². The van der Waals surface area contributed by atoms with Crippen LogP contribution in [-0.2, 0) is 13.6 Å². The summed E-state index contributed by atoms with van der Waals surface area (Å²) in [7, 11) is 3.00. The second-order valence-corrected chi connectivity index (χ2v) is 5.45. The van der Waals surface area contributed by atoms with Crippen molar-refractivity contribution in [3.63, 3.8) is 0 Å². The summed E-state index contributed by atoms with van der Waals surface area (Å²) in [6, 6.07) is 6.82. The number of amides is 1. The normalized spacial score (nSPS) is 10.5. The molecule has 3 aromatic rings. The molecule has 25 heavy (non-hydrogen) atoms. The highest BCUT2D eigenvalue weighted by atomic mass is 16.5. The molecule has 3 heterocycles. The Kier molecular flexibility index (Phi) is 4.65. The van der Waals surface area contributed by atoms with Gasteiger partial charge in [0.05, 0.1) is 18.9 Å². The SMILES string of the molecule is COc1cc(=O)n(C)cc1C(=O)NCc1cncc(-c2ccco2)c1. The van der Waals surface area contributed by atoms with Gasteiger partial charge in [0.2, 0.25) is 0 Å². The van der Waals surface area contributed by atoms with Crippen LogP contribution in [0.2, 0.25) is 0 Å². The Bertz CT molecular complexity index is 945. The molecule has 0 fully saturated rings. The van der Waals surface area contributed by atoms with Crippen LogP contribution in [0, 0.1) is 0 Å². The fraction of sp³-hybridized carbons (Fsp3) is 0.167. The third-order valence-corrected chi connectivity index (χ3v) is 3.71. The highest BCUT2D eigenvalue weighted by Crippen LogP contribution is 2.20. The van der Waals surface area contributed by atoms with Crippen molar-refractivity contribution in [3.05, 3.63) is 70.6 Å². The van der Waals surface area contributed by atoms with Crippen LogP contribution in [0.4, 0.5) is 0 Å². The second-order valence-electron chi connectivity index (χ2n) is 5.45. The number of hydrogen-bond donors (Lipinski definition) is 1. The molecule has 128 valence electrons. The number of methoxy groups -OCH3 is 1. The average Bonchev–Trinajstić information content (AvgIpc) is 3.16. The van der Waals surface area contributed by atoms with Gasteiger partial charge in [0.15, 0.2) is 0 Å². The van der Waals surface area contributed by atoms with Gasteiger partial charge in [-0.15, -0.1) is 0 Å². The zero-order chi connectivity index (χ0) is 17.8. The number of furan rings is 1. The molecule has 0 aliphatic rings. The van der Waals surface area contributed by atoms with E-state index in [0.29, 0.717) is 11.3 Å². The molecule has 0 aliphatic carbocycles. The molecular formula is C18H17N3O4. The van der Waals surface area contributed by atoms with Crippen molar-refractivity contribution >= 4 is 5.91 Å². The molecule has 0 bridgehead atoms. The van der Waals surface area contributed by atoms with Crippen LogP contribution >= 0.6 is 0 Å². The van der Waals surface area contributed by atoms with Crippen LogP contribution in [0.3, 0.4) is 0 Å². The maximum Gasteiger partial charge on any atom is 0.256 e. The average molecular weight is 339 g/mol. The summed E-state index contributed by atoms with van der Waals surface area (Å²) in [4.78, 5) is 28.2. The molecule has 7 nitrogen and oxygen atoms in total. The first-order chi connectivity index (χ1) is 12.1. The molecule has 0 saturated carbocycles. The van der Waals surface area contributed by atoms with E-state index in [1.165, 1.54) is 23.9 Å². The Morgan fingerprint density at radius 1 is 1.36 bits per heavy atom. The number of nitrogens with zero attached hydrogens (tertiary/aromatic N) is 2. The van der Waals surface area contributed by atoms with Gasteiger partial charge in [-0.05, 0) is 23.8 Å². The van der Waals surface area contributed by atoms with E-state index in [4.69, 9.17) is 9.15 Å². The first-order valence-electron chi connectivity index (χ1n) is 7.59. The third kappa shape index (κ3) is 3.60. The molecular weight excluding hydrogens is 322 g/mol. The van der Waals surface area contributed by atoms with Crippen molar-refractivity contribution in [2.75, 3.05) is 7.11 Å². The number of aryl methyl sites for hydroxylation is 1. The molecule has 1 amide bonds. The molecule has 0 aromatic carbocycles. The number of aromatic nitrogens is 2. The zero-order valence-corrected chi connectivity index (χ0v) is 13.9. The largest absolute Gasteiger partial charge is 0.496 e. The minimum absolute atomic E-state index is 0.239. The van der Waals surface area contributed by atoms with Gasteiger partial charge in [0, 0.05) is 43.8 Å². The monoisotopic (exact) mass is 339 g/mol. The molecule has 7 heteroatoms. The Labute approximate surface area is 143 Å². The summed E-state index contributed by atoms with van der Waals surface area (Å²) in [6.07, 6.45) is 6.41. The van der Waals surface area contributed by atoms with Gasteiger partial charge in [-0.2, -0.15) is 0 Å². The van der Waals surface area contributed by atoms with E-state index in [1.807, 2.05) is 12.1 Å². The van der Waals surface area contributed by atoms with E-state index in [0.717, 1.165) is 11.1 Å². The minimum Gasteiger partial charge on any atom is -0.496 e. The minimum atomic E-state index is -0.337. The fourth-order valence-corrected chi connectivity index (χ4v) is 2.39. The van der Waals surface area contributed by atoms with E-state index < -0.39 is 0 Å². The van der Waals surface area contributed by atoms with Gasteiger partial charge < -0.3 is 19.0 Å². The van der Waals surface area contributed by atoms with Crippen molar-refractivity contribution < 1.29 is 13.9 Å². The predicted octanol–water partition coefficient (Wildman–Crippen LogP) is 1.98. The summed E-state index contributed by atoms with van der Waals surface area (Å²) < 4.78 is 11.8. The molecule has 0 radical (unpaired) electrons. The lowest BCUT2D eigenvalue weighted by molar-refractivity contribution is 0.0947. The molecule has 0 atom stereocenters. The number of carbonyl (C=O) groups excluding carboxylic acids is 1. The molecule has 0 saturated heterocycles. The maximum absolute atomic E-state index is 12.4. The van der Waals surface area contributed by atoms with Gasteiger partial charge in [-0.25, -0.2) is 0 Å². The highest BCUT2D eigenvalue weighted by molar-refractivity contribution is 5.96. The smallest absolute Gasteiger partial charge is 0.256 e. The lowest BCUT2D eigenvalue weighted by Crippen LogP contribution is -2.26. The van der Waals surface area contributed by atoms with E-state index in [2.05, 4.69) is 10.3 Å². The van der Waals surface area contributed by atoms with Gasteiger partial charge in [0.25, 0.3) is 11.5 Å². The first-order valence-corrected chi connectivity index (χ1v) is 7.59. The summed E-state index contributed by atoms with van der Waals surface area (Å²) in [5.41, 5.74) is 1.70. The molecule has 0 spiro atoms. The summed E-state index contributed by atoms with van der Waals surface area (Å²) >= 11 is 0. The third-order valence-electron chi connectivity index (χ3n) is 3.71. The Morgan fingerprint density at radius 2 is 2.20 bits per heavy atom. The summed E-state index contributed by atoms with van der Waals surface area (Å²) in [5.74, 6) is 0.610. The van der Waals surface area contributed by atoms with E-state index in [9.17, 15) is 9.59 Å². The van der Waals surface area contributed by atoms with Crippen molar-refractivity contribution in [3.8, 4) is 17.1 Å². The number of ether oxygens (including phenoxy) is 1. The van der Waals surface area contributed by atoms with Crippen molar-refractivity contribution in [1.82, 2.24) is 14.9 Å². The first kappa shape index (κ1) is 16.5. The van der Waals surface area contributed by atoms with Crippen molar-refractivity contribution in [2.24, 2.45) is 7.05 Å². The highest BCUT2D eigenvalue weighted by Gasteiger charge is 2.14. The van der Waals surface area contributed by atoms with Gasteiger partial charge in [-0.3, -0.25) is 14.6 Å². The van der Waals surface area contributed by atoms with Crippen molar-refractivity contribution in [2.45, 2.75) is 6.54 Å². The van der Waals surface area contributed by atoms with Gasteiger partial charge in [-0.1, -0.05) is 0 Å². The van der Waals surface area contributed by atoms with E-state index in [-0.39, 0.29) is 23.8 Å². The van der Waals surface area contributed by atoms with E-state index in [1.54, 1.807) is 31.8 Å². The molecule has 0 aliphatic heterocycles. The lowest BCUT2D eigenvalue weighted by Gasteiger charge is -2.11. The molecule has 0 unspecified atom stereocenters. The van der Waals surface area contributed by atoms with Crippen molar-refractivity contribution in [1.29, 1.82) is 0 Å². The Morgan fingerprint density at radius 3 is 2.92 bits per heavy atom. The zero-order valence-electron chi connectivity index (χ0n) is 13.9. The van der Waals surface area contributed by atoms with Gasteiger partial charge >= 0.3 is 0 Å². The van der Waals surface area contributed by atoms with Crippen LogP contribution in [-0.4, -0.2) is 22.6 Å². The van der Waals surface area contributed by atoms with Crippen LogP contribution in [0.15, 0.2) is 58.3 Å². The van der Waals surface area contributed by atoms with Crippen LogP contribution in [0.5, 0.6) is 5.75 Å². The lowest BCUT2D eigenvalue weighted by atomic mass is 10.1. The second kappa shape index (κ2) is 7.04. The summed E-state index contributed by atoms with van der Waals surface area (Å²) in [6.45, 7) is 0.284. The fourth-order valence-electron chi connectivity index (χ4n) is 2.39. The molecule has 3 aromatic heterocycles. The molecule has 3 rings (SSSR count). The predicted molar refractivity (Wildman–Crippen MR) is 91.3 cm³/mol. The summed E-state index contributed by atoms with van der Waals surface area (Å²) in [5, 5.41) is 2.80. The Balaban J connectivity index is 1.76. The van der Waals surface area contributed by atoms with Gasteiger partial charge in [0.1, 0.15) is 11.5 Å².